The summed E-state index contributed by atoms with van der Waals surface area (Å²) >= 11 is 0. The summed E-state index contributed by atoms with van der Waals surface area (Å²) in [7, 11) is 1.94. The summed E-state index contributed by atoms with van der Waals surface area (Å²) in [4.78, 5) is 2.00. The highest BCUT2D eigenvalue weighted by Gasteiger charge is 2.20. The van der Waals surface area contributed by atoms with E-state index in [0.717, 1.165) is 35.2 Å². The second-order valence-electron chi connectivity index (χ2n) is 8.03. The molecule has 0 spiro atoms. The van der Waals surface area contributed by atoms with Crippen LogP contribution in [-0.2, 0) is 6.42 Å². The minimum Gasteiger partial charge on any atom is -0.508 e. The number of anilines is 1. The molecule has 8 heteroatoms. The molecule has 2 heterocycles. The van der Waals surface area contributed by atoms with Gasteiger partial charge < -0.3 is 14.7 Å². The number of aromatic hydroxyl groups is 1. The maximum absolute atomic E-state index is 14.9. The monoisotopic (exact) mass is 449 g/mol. The number of fused-ring (bicyclic) bond motifs is 1. The lowest BCUT2D eigenvalue weighted by Gasteiger charge is -2.18. The number of nitrogens with zero attached hydrogens (tertiary/aromatic N) is 5. The lowest BCUT2D eigenvalue weighted by atomic mass is 10.1. The molecule has 0 atom stereocenters. The van der Waals surface area contributed by atoms with Gasteiger partial charge in [0.1, 0.15) is 22.7 Å². The standard InChI is InChI=1S/C25H28FN5O2/c1-5-33-19-12-13-21(20(26)15-19)31-17(3)23-16(2)27-28-25(24(23)29-31)30(4)14-8-10-18-9-6-7-11-22(18)32/h6-7,9,11-13,15,32H,5,8,10,14H2,1-4H3. The number of aromatic nitrogens is 4. The summed E-state index contributed by atoms with van der Waals surface area (Å²) in [5.74, 6) is 1.02. The van der Waals surface area contributed by atoms with Crippen LogP contribution in [0.3, 0.4) is 0 Å². The zero-order chi connectivity index (χ0) is 23.5. The molecule has 0 aliphatic heterocycles. The molecule has 2 aromatic carbocycles. The SMILES string of the molecule is CCOc1ccc(-n2nc3c(N(C)CCCc4ccccc4O)nnc(C)c3c2C)c(F)c1. The fourth-order valence-electron chi connectivity index (χ4n) is 4.05. The second-order valence-corrected chi connectivity index (χ2v) is 8.03. The van der Waals surface area contributed by atoms with E-state index >= 15 is 0 Å². The van der Waals surface area contributed by atoms with Crippen molar-refractivity contribution in [3.05, 3.63) is 65.2 Å². The van der Waals surface area contributed by atoms with Crippen molar-refractivity contribution in [2.75, 3.05) is 25.1 Å². The van der Waals surface area contributed by atoms with Crippen molar-refractivity contribution in [1.82, 2.24) is 20.0 Å². The average molecular weight is 450 g/mol. The van der Waals surface area contributed by atoms with E-state index in [4.69, 9.17) is 9.84 Å². The molecular weight excluding hydrogens is 421 g/mol. The summed E-state index contributed by atoms with van der Waals surface area (Å²) < 4.78 is 21.9. The highest BCUT2D eigenvalue weighted by atomic mass is 19.1. The molecule has 0 radical (unpaired) electrons. The molecule has 4 rings (SSSR count). The maximum Gasteiger partial charge on any atom is 0.179 e. The van der Waals surface area contributed by atoms with Crippen molar-refractivity contribution in [2.24, 2.45) is 0 Å². The van der Waals surface area contributed by atoms with Crippen LogP contribution in [0, 0.1) is 19.7 Å². The van der Waals surface area contributed by atoms with E-state index in [1.165, 1.54) is 6.07 Å². The second kappa shape index (κ2) is 9.44. The van der Waals surface area contributed by atoms with Crippen LogP contribution in [0.5, 0.6) is 11.5 Å². The van der Waals surface area contributed by atoms with E-state index in [0.29, 0.717) is 41.7 Å². The van der Waals surface area contributed by atoms with Crippen LogP contribution < -0.4 is 9.64 Å². The lowest BCUT2D eigenvalue weighted by Crippen LogP contribution is -2.21. The Kier molecular flexibility index (Phi) is 6.44. The van der Waals surface area contributed by atoms with Crippen LogP contribution >= 0.6 is 0 Å². The van der Waals surface area contributed by atoms with E-state index in [2.05, 4.69) is 10.2 Å². The normalized spacial score (nSPS) is 11.2. The van der Waals surface area contributed by atoms with Gasteiger partial charge >= 0.3 is 0 Å². The van der Waals surface area contributed by atoms with Crippen molar-refractivity contribution in [1.29, 1.82) is 0 Å². The number of benzene rings is 2. The number of phenols is 1. The maximum atomic E-state index is 14.9. The topological polar surface area (TPSA) is 76.3 Å². The molecular formula is C25H28FN5O2. The highest BCUT2D eigenvalue weighted by molar-refractivity contribution is 5.92. The number of hydrogen-bond donors (Lipinski definition) is 1. The van der Waals surface area contributed by atoms with Crippen LogP contribution in [0.15, 0.2) is 42.5 Å². The minimum atomic E-state index is -0.409. The van der Waals surface area contributed by atoms with Gasteiger partial charge in [-0.05, 0) is 57.4 Å². The Labute approximate surface area is 192 Å². The van der Waals surface area contributed by atoms with Gasteiger partial charge in [-0.25, -0.2) is 9.07 Å². The van der Waals surface area contributed by atoms with Gasteiger partial charge in [0, 0.05) is 19.7 Å². The van der Waals surface area contributed by atoms with Crippen LogP contribution in [0.2, 0.25) is 0 Å². The predicted octanol–water partition coefficient (Wildman–Crippen LogP) is 4.74. The molecule has 0 aliphatic rings. The largest absolute Gasteiger partial charge is 0.508 e. The van der Waals surface area contributed by atoms with Crippen molar-refractivity contribution in [2.45, 2.75) is 33.6 Å². The third kappa shape index (κ3) is 4.46. The molecule has 172 valence electrons. The highest BCUT2D eigenvalue weighted by Crippen LogP contribution is 2.30. The molecule has 2 aromatic heterocycles. The Morgan fingerprint density at radius 2 is 1.91 bits per heavy atom. The van der Waals surface area contributed by atoms with Crippen molar-refractivity contribution in [3.63, 3.8) is 0 Å². The summed E-state index contributed by atoms with van der Waals surface area (Å²) in [6.07, 6.45) is 1.56. The first kappa shape index (κ1) is 22.5. The Morgan fingerprint density at radius 1 is 1.12 bits per heavy atom. The molecule has 1 N–H and O–H groups in total. The van der Waals surface area contributed by atoms with Gasteiger partial charge in [-0.3, -0.25) is 0 Å². The number of halogens is 1. The van der Waals surface area contributed by atoms with Gasteiger partial charge in [0.25, 0.3) is 0 Å². The van der Waals surface area contributed by atoms with E-state index < -0.39 is 5.82 Å². The first-order chi connectivity index (χ1) is 15.9. The molecule has 0 aliphatic carbocycles. The molecule has 0 fully saturated rings. The van der Waals surface area contributed by atoms with Crippen LogP contribution in [-0.4, -0.2) is 45.3 Å². The first-order valence-electron chi connectivity index (χ1n) is 11.0. The van der Waals surface area contributed by atoms with E-state index in [-0.39, 0.29) is 0 Å². The Bertz CT molecular complexity index is 1290. The number of rotatable bonds is 8. The van der Waals surface area contributed by atoms with Crippen LogP contribution in [0.25, 0.3) is 16.6 Å². The first-order valence-corrected chi connectivity index (χ1v) is 11.0. The molecule has 0 unspecified atom stereocenters. The molecule has 0 saturated carbocycles. The van der Waals surface area contributed by atoms with Crippen molar-refractivity contribution >= 4 is 16.7 Å². The average Bonchev–Trinajstić information content (AvgIpc) is 3.13. The van der Waals surface area contributed by atoms with Gasteiger partial charge in [-0.1, -0.05) is 18.2 Å². The fraction of sp³-hybridized carbons (Fsp3) is 0.320. The third-order valence-electron chi connectivity index (χ3n) is 5.74. The molecule has 0 bridgehead atoms. The quantitative estimate of drug-likeness (QED) is 0.419. The van der Waals surface area contributed by atoms with Gasteiger partial charge in [0.15, 0.2) is 11.6 Å². The van der Waals surface area contributed by atoms with Gasteiger partial charge in [0.2, 0.25) is 0 Å². The summed E-state index contributed by atoms with van der Waals surface area (Å²) in [5.41, 5.74) is 3.48. The lowest BCUT2D eigenvalue weighted by molar-refractivity contribution is 0.338. The number of hydrogen-bond acceptors (Lipinski definition) is 6. The number of para-hydroxylation sites is 1. The van der Waals surface area contributed by atoms with Gasteiger partial charge in [-0.2, -0.15) is 10.2 Å². The predicted molar refractivity (Wildman–Crippen MR) is 127 cm³/mol. The van der Waals surface area contributed by atoms with E-state index in [9.17, 15) is 9.50 Å². The Morgan fingerprint density at radius 3 is 2.64 bits per heavy atom. The minimum absolute atomic E-state index is 0.310. The smallest absolute Gasteiger partial charge is 0.179 e. The summed E-state index contributed by atoms with van der Waals surface area (Å²) in [6.45, 7) is 6.82. The fourth-order valence-corrected chi connectivity index (χ4v) is 4.05. The molecule has 4 aromatic rings. The van der Waals surface area contributed by atoms with Crippen molar-refractivity contribution in [3.8, 4) is 17.2 Å². The summed E-state index contributed by atoms with van der Waals surface area (Å²) in [6, 6.07) is 12.1. The molecule has 0 amide bonds. The van der Waals surface area contributed by atoms with E-state index in [1.807, 2.05) is 50.9 Å². The Balaban J connectivity index is 1.64. The molecule has 7 nitrogen and oxygen atoms in total. The zero-order valence-corrected chi connectivity index (χ0v) is 19.3. The van der Waals surface area contributed by atoms with Crippen LogP contribution in [0.4, 0.5) is 10.2 Å². The summed E-state index contributed by atoms with van der Waals surface area (Å²) in [5, 5.41) is 24.3. The molecule has 33 heavy (non-hydrogen) atoms. The number of phenolic OH excluding ortho intramolecular Hbond substituents is 1. The van der Waals surface area contributed by atoms with Crippen molar-refractivity contribution < 1.29 is 14.2 Å². The molecule has 0 saturated heterocycles. The Hall–Kier alpha value is -3.68. The van der Waals surface area contributed by atoms with E-state index in [1.54, 1.807) is 22.9 Å². The van der Waals surface area contributed by atoms with Gasteiger partial charge in [0.05, 0.1) is 23.4 Å². The number of ether oxygens (including phenoxy) is 1. The zero-order valence-electron chi connectivity index (χ0n) is 19.3. The van der Waals surface area contributed by atoms with Crippen LogP contribution in [0.1, 0.15) is 30.3 Å². The third-order valence-corrected chi connectivity index (χ3v) is 5.74. The number of aryl methyl sites for hydroxylation is 3. The van der Waals surface area contributed by atoms with Gasteiger partial charge in [-0.15, -0.1) is 5.10 Å².